The Bertz CT molecular complexity index is 625. The molecule has 25 heavy (non-hydrogen) atoms. The Morgan fingerprint density at radius 2 is 2.04 bits per heavy atom. The summed E-state index contributed by atoms with van der Waals surface area (Å²) in [6, 6.07) is 4.72. The Kier molecular flexibility index (Phi) is 7.34. The van der Waals surface area contributed by atoms with Crippen LogP contribution in [0.4, 0.5) is 11.4 Å². The highest BCUT2D eigenvalue weighted by molar-refractivity contribution is 5.90. The predicted octanol–water partition coefficient (Wildman–Crippen LogP) is 2.20. The standard InChI is InChI=1S/C17H24N4O4/c22-11-5-6-17(23)19-18-13-14-12-15(21(24)25)7-8-16(14)20-9-3-1-2-4-10-20/h7-8,12-13,22H,1-6,9-11H2,(H,19,23). The molecule has 136 valence electrons. The van der Waals surface area contributed by atoms with Crippen molar-refractivity contribution in [3.05, 3.63) is 33.9 Å². The van der Waals surface area contributed by atoms with Crippen LogP contribution < -0.4 is 10.3 Å². The molecule has 1 heterocycles. The van der Waals surface area contributed by atoms with E-state index in [1.807, 2.05) is 0 Å². The number of non-ortho nitro benzene ring substituents is 1. The van der Waals surface area contributed by atoms with Gasteiger partial charge in [0, 0.05) is 49.5 Å². The molecule has 0 bridgehead atoms. The molecule has 8 heteroatoms. The first-order valence-corrected chi connectivity index (χ1v) is 8.58. The van der Waals surface area contributed by atoms with Crippen molar-refractivity contribution < 1.29 is 14.8 Å². The number of nitro benzene ring substituents is 1. The highest BCUT2D eigenvalue weighted by Gasteiger charge is 2.16. The maximum atomic E-state index is 11.5. The van der Waals surface area contributed by atoms with Gasteiger partial charge in [-0.05, 0) is 25.3 Å². The van der Waals surface area contributed by atoms with E-state index in [0.29, 0.717) is 12.0 Å². The molecule has 1 aromatic carbocycles. The van der Waals surface area contributed by atoms with E-state index in [-0.39, 0.29) is 24.6 Å². The summed E-state index contributed by atoms with van der Waals surface area (Å²) in [5.74, 6) is -0.299. The number of aliphatic hydroxyl groups is 1. The van der Waals surface area contributed by atoms with Crippen LogP contribution in [0.5, 0.6) is 0 Å². The molecule has 1 fully saturated rings. The van der Waals surface area contributed by atoms with Gasteiger partial charge >= 0.3 is 0 Å². The van der Waals surface area contributed by atoms with Crippen LogP contribution >= 0.6 is 0 Å². The molecule has 0 radical (unpaired) electrons. The lowest BCUT2D eigenvalue weighted by Crippen LogP contribution is -2.25. The molecule has 2 rings (SSSR count). The van der Waals surface area contributed by atoms with E-state index in [0.717, 1.165) is 31.6 Å². The van der Waals surface area contributed by atoms with Crippen LogP contribution in [0.25, 0.3) is 0 Å². The number of hydrazone groups is 1. The van der Waals surface area contributed by atoms with Gasteiger partial charge in [-0.15, -0.1) is 0 Å². The van der Waals surface area contributed by atoms with Gasteiger partial charge in [-0.25, -0.2) is 5.43 Å². The molecular formula is C17H24N4O4. The predicted molar refractivity (Wildman–Crippen MR) is 95.8 cm³/mol. The average Bonchev–Trinajstić information content (AvgIpc) is 2.89. The molecule has 0 saturated carbocycles. The zero-order chi connectivity index (χ0) is 18.1. The van der Waals surface area contributed by atoms with Crippen LogP contribution in [0.15, 0.2) is 23.3 Å². The number of carbonyl (C=O) groups is 1. The summed E-state index contributed by atoms with van der Waals surface area (Å²) in [5.41, 5.74) is 3.88. The van der Waals surface area contributed by atoms with Gasteiger partial charge in [-0.3, -0.25) is 14.9 Å². The van der Waals surface area contributed by atoms with E-state index >= 15 is 0 Å². The second-order valence-corrected chi connectivity index (χ2v) is 6.02. The van der Waals surface area contributed by atoms with Crippen molar-refractivity contribution in [1.82, 2.24) is 5.43 Å². The number of nitrogens with one attached hydrogen (secondary N) is 1. The first-order chi connectivity index (χ1) is 12.1. The number of anilines is 1. The molecule has 1 aliphatic heterocycles. The summed E-state index contributed by atoms with van der Waals surface area (Å²) < 4.78 is 0. The number of nitrogens with zero attached hydrogens (tertiary/aromatic N) is 3. The SMILES string of the molecule is O=C(CCCO)NN=Cc1cc([N+](=O)[O-])ccc1N1CCCCCC1. The van der Waals surface area contributed by atoms with Gasteiger partial charge in [-0.1, -0.05) is 12.8 Å². The monoisotopic (exact) mass is 348 g/mol. The normalized spacial score (nSPS) is 15.2. The van der Waals surface area contributed by atoms with Gasteiger partial charge in [-0.2, -0.15) is 5.10 Å². The van der Waals surface area contributed by atoms with Crippen molar-refractivity contribution in [2.45, 2.75) is 38.5 Å². The van der Waals surface area contributed by atoms with Crippen molar-refractivity contribution in [1.29, 1.82) is 0 Å². The van der Waals surface area contributed by atoms with E-state index < -0.39 is 4.92 Å². The summed E-state index contributed by atoms with van der Waals surface area (Å²) in [6.45, 7) is 1.75. The fourth-order valence-electron chi connectivity index (χ4n) is 2.83. The Morgan fingerprint density at radius 3 is 2.68 bits per heavy atom. The average molecular weight is 348 g/mol. The number of benzene rings is 1. The summed E-state index contributed by atoms with van der Waals surface area (Å²) in [5, 5.41) is 23.7. The number of rotatable bonds is 7. The summed E-state index contributed by atoms with van der Waals surface area (Å²) in [6.07, 6.45) is 6.56. The topological polar surface area (TPSA) is 108 Å². The Morgan fingerprint density at radius 1 is 1.32 bits per heavy atom. The third-order valence-electron chi connectivity index (χ3n) is 4.12. The molecule has 8 nitrogen and oxygen atoms in total. The van der Waals surface area contributed by atoms with Crippen molar-refractivity contribution in [3.63, 3.8) is 0 Å². The van der Waals surface area contributed by atoms with E-state index in [1.54, 1.807) is 6.07 Å². The minimum absolute atomic E-state index is 0.00775. The van der Waals surface area contributed by atoms with Gasteiger partial charge in [0.15, 0.2) is 0 Å². The molecule has 1 saturated heterocycles. The van der Waals surface area contributed by atoms with Gasteiger partial charge < -0.3 is 10.0 Å². The van der Waals surface area contributed by atoms with E-state index in [2.05, 4.69) is 15.4 Å². The highest BCUT2D eigenvalue weighted by Crippen LogP contribution is 2.26. The Balaban J connectivity index is 2.18. The van der Waals surface area contributed by atoms with E-state index in [9.17, 15) is 14.9 Å². The maximum Gasteiger partial charge on any atom is 0.270 e. The number of amides is 1. The quantitative estimate of drug-likeness (QED) is 0.446. The van der Waals surface area contributed by atoms with Gasteiger partial charge in [0.05, 0.1) is 11.1 Å². The Hall–Kier alpha value is -2.48. The maximum absolute atomic E-state index is 11.5. The third kappa shape index (κ3) is 5.82. The summed E-state index contributed by atoms with van der Waals surface area (Å²) in [7, 11) is 0. The molecule has 1 amide bonds. The van der Waals surface area contributed by atoms with Crippen LogP contribution in [-0.4, -0.2) is 41.8 Å². The van der Waals surface area contributed by atoms with Crippen molar-refractivity contribution in [2.24, 2.45) is 5.10 Å². The van der Waals surface area contributed by atoms with Gasteiger partial charge in [0.25, 0.3) is 5.69 Å². The lowest BCUT2D eigenvalue weighted by atomic mass is 10.1. The van der Waals surface area contributed by atoms with Crippen LogP contribution in [0.3, 0.4) is 0 Å². The van der Waals surface area contributed by atoms with Crippen molar-refractivity contribution >= 4 is 23.5 Å². The number of hydrogen-bond donors (Lipinski definition) is 2. The Labute approximate surface area is 146 Å². The van der Waals surface area contributed by atoms with Crippen molar-refractivity contribution in [2.75, 3.05) is 24.6 Å². The summed E-state index contributed by atoms with van der Waals surface area (Å²) >= 11 is 0. The molecule has 0 unspecified atom stereocenters. The number of carbonyl (C=O) groups excluding carboxylic acids is 1. The van der Waals surface area contributed by atoms with Crippen molar-refractivity contribution in [3.8, 4) is 0 Å². The first kappa shape index (κ1) is 18.9. The highest BCUT2D eigenvalue weighted by atomic mass is 16.6. The zero-order valence-electron chi connectivity index (χ0n) is 14.2. The van der Waals surface area contributed by atoms with E-state index in [1.165, 1.54) is 31.2 Å². The molecule has 2 N–H and O–H groups in total. The van der Waals surface area contributed by atoms with Crippen LogP contribution in [0.2, 0.25) is 0 Å². The van der Waals surface area contributed by atoms with E-state index in [4.69, 9.17) is 5.11 Å². The van der Waals surface area contributed by atoms with Crippen LogP contribution in [-0.2, 0) is 4.79 Å². The molecule has 0 atom stereocenters. The zero-order valence-corrected chi connectivity index (χ0v) is 14.2. The molecular weight excluding hydrogens is 324 g/mol. The number of aliphatic hydroxyl groups excluding tert-OH is 1. The van der Waals surface area contributed by atoms with Gasteiger partial charge in [0.1, 0.15) is 0 Å². The molecule has 0 aromatic heterocycles. The van der Waals surface area contributed by atoms with Crippen LogP contribution in [0.1, 0.15) is 44.1 Å². The van der Waals surface area contributed by atoms with Gasteiger partial charge in [0.2, 0.25) is 5.91 Å². The smallest absolute Gasteiger partial charge is 0.270 e. The van der Waals surface area contributed by atoms with Crippen LogP contribution in [0, 0.1) is 10.1 Å². The first-order valence-electron chi connectivity index (χ1n) is 8.58. The molecule has 1 aliphatic rings. The largest absolute Gasteiger partial charge is 0.396 e. The second kappa shape index (κ2) is 9.73. The summed E-state index contributed by atoms with van der Waals surface area (Å²) in [4.78, 5) is 24.4. The lowest BCUT2D eigenvalue weighted by Gasteiger charge is -2.24. The third-order valence-corrected chi connectivity index (χ3v) is 4.12. The number of nitro groups is 1. The number of hydrogen-bond acceptors (Lipinski definition) is 6. The molecule has 0 spiro atoms. The minimum Gasteiger partial charge on any atom is -0.396 e. The molecule has 0 aliphatic carbocycles. The molecule has 1 aromatic rings. The second-order valence-electron chi connectivity index (χ2n) is 6.02. The minimum atomic E-state index is -0.441. The fourth-order valence-corrected chi connectivity index (χ4v) is 2.83. The fraction of sp³-hybridized carbons (Fsp3) is 0.529. The lowest BCUT2D eigenvalue weighted by molar-refractivity contribution is -0.384.